The topological polar surface area (TPSA) is 39.7 Å². The quantitative estimate of drug-likeness (QED) is 0.429. The van der Waals surface area contributed by atoms with Gasteiger partial charge in [0.05, 0.1) is 0 Å². The summed E-state index contributed by atoms with van der Waals surface area (Å²) in [6.07, 6.45) is 1.01. The van der Waals surface area contributed by atoms with Crippen molar-refractivity contribution in [3.8, 4) is 0 Å². The number of rotatable bonds is 5. The second-order valence-corrected chi connectivity index (χ2v) is 6.51. The lowest BCUT2D eigenvalue weighted by molar-refractivity contribution is 0.265. The van der Waals surface area contributed by atoms with Gasteiger partial charge in [0.2, 0.25) is 0 Å². The molecule has 0 bridgehead atoms. The second kappa shape index (κ2) is 10.1. The van der Waals surface area contributed by atoms with Crippen molar-refractivity contribution in [3.63, 3.8) is 0 Å². The van der Waals surface area contributed by atoms with Crippen molar-refractivity contribution < 1.29 is 0 Å². The number of likely N-dealkylation sites (tertiary alicyclic amines) is 1. The molecule has 0 amide bonds. The predicted molar refractivity (Wildman–Crippen MR) is 110 cm³/mol. The highest BCUT2D eigenvalue weighted by Crippen LogP contribution is 2.18. The van der Waals surface area contributed by atoms with Gasteiger partial charge < -0.3 is 10.6 Å². The van der Waals surface area contributed by atoms with E-state index in [1.54, 1.807) is 0 Å². The van der Waals surface area contributed by atoms with Crippen molar-refractivity contribution in [2.24, 2.45) is 10.9 Å². The smallest absolute Gasteiger partial charge is 0.191 e. The van der Waals surface area contributed by atoms with Crippen LogP contribution in [0.1, 0.15) is 26.3 Å². The number of hydrogen-bond donors (Lipinski definition) is 2. The van der Waals surface area contributed by atoms with Crippen LogP contribution >= 0.6 is 24.0 Å². The molecule has 2 unspecified atom stereocenters. The van der Waals surface area contributed by atoms with E-state index >= 15 is 0 Å². The fourth-order valence-corrected chi connectivity index (χ4v) is 2.95. The molecule has 0 saturated carbocycles. The zero-order valence-corrected chi connectivity index (χ0v) is 17.1. The second-order valence-electron chi connectivity index (χ2n) is 6.51. The minimum Gasteiger partial charge on any atom is -0.356 e. The van der Waals surface area contributed by atoms with E-state index in [0.29, 0.717) is 18.0 Å². The Morgan fingerprint density at radius 2 is 1.96 bits per heavy atom. The molecule has 4 nitrogen and oxygen atoms in total. The van der Waals surface area contributed by atoms with Crippen molar-refractivity contribution in [2.45, 2.75) is 39.3 Å². The monoisotopic (exact) mass is 430 g/mol. The van der Waals surface area contributed by atoms with Gasteiger partial charge in [-0.2, -0.15) is 0 Å². The van der Waals surface area contributed by atoms with Gasteiger partial charge in [-0.1, -0.05) is 37.3 Å². The summed E-state index contributed by atoms with van der Waals surface area (Å²) in [5.41, 5.74) is 1.35. The Kier molecular flexibility index (Phi) is 8.91. The molecule has 1 aliphatic rings. The standard InChI is InChI=1S/C18H30N4.HI/c1-14(2)22-12-15(3)17(13-22)21-18(19-4)20-11-10-16-8-6-5-7-9-16;/h5-9,14-15,17H,10-13H2,1-4H3,(H2,19,20,21);1H. The van der Waals surface area contributed by atoms with Crippen LogP contribution in [-0.4, -0.2) is 49.6 Å². The number of nitrogens with zero attached hydrogens (tertiary/aromatic N) is 2. The maximum absolute atomic E-state index is 4.36. The number of halogens is 1. The van der Waals surface area contributed by atoms with E-state index in [0.717, 1.165) is 32.0 Å². The van der Waals surface area contributed by atoms with E-state index in [4.69, 9.17) is 0 Å². The normalized spacial score (nSPS) is 22.0. The molecule has 2 atom stereocenters. The van der Waals surface area contributed by atoms with E-state index in [9.17, 15) is 0 Å². The Morgan fingerprint density at radius 3 is 2.52 bits per heavy atom. The van der Waals surface area contributed by atoms with Crippen molar-refractivity contribution in [2.75, 3.05) is 26.7 Å². The first-order chi connectivity index (χ1) is 10.6. The number of benzene rings is 1. The third-order valence-corrected chi connectivity index (χ3v) is 4.47. The van der Waals surface area contributed by atoms with Gasteiger partial charge in [0, 0.05) is 38.8 Å². The van der Waals surface area contributed by atoms with Crippen LogP contribution in [0.5, 0.6) is 0 Å². The van der Waals surface area contributed by atoms with Gasteiger partial charge in [0.25, 0.3) is 0 Å². The first-order valence-electron chi connectivity index (χ1n) is 8.35. The van der Waals surface area contributed by atoms with Crippen LogP contribution in [0.2, 0.25) is 0 Å². The van der Waals surface area contributed by atoms with Gasteiger partial charge in [-0.25, -0.2) is 0 Å². The van der Waals surface area contributed by atoms with Crippen molar-refractivity contribution in [3.05, 3.63) is 35.9 Å². The van der Waals surface area contributed by atoms with Crippen LogP contribution in [0.4, 0.5) is 0 Å². The SMILES string of the molecule is CN=C(NCCc1ccccc1)NC1CN(C(C)C)CC1C.I. The Morgan fingerprint density at radius 1 is 1.26 bits per heavy atom. The van der Waals surface area contributed by atoms with Crippen LogP contribution in [0.15, 0.2) is 35.3 Å². The molecular weight excluding hydrogens is 399 g/mol. The molecule has 1 aromatic rings. The first kappa shape index (κ1) is 20.2. The molecule has 1 aliphatic heterocycles. The van der Waals surface area contributed by atoms with Gasteiger partial charge in [-0.15, -0.1) is 24.0 Å². The fraction of sp³-hybridized carbons (Fsp3) is 0.611. The van der Waals surface area contributed by atoms with Crippen molar-refractivity contribution in [1.29, 1.82) is 0 Å². The highest BCUT2D eigenvalue weighted by atomic mass is 127. The van der Waals surface area contributed by atoms with Crippen molar-refractivity contribution >= 4 is 29.9 Å². The summed E-state index contributed by atoms with van der Waals surface area (Å²) in [6, 6.07) is 11.6. The molecule has 0 aliphatic carbocycles. The van der Waals surface area contributed by atoms with Crippen molar-refractivity contribution in [1.82, 2.24) is 15.5 Å². The lowest BCUT2D eigenvalue weighted by Crippen LogP contribution is -2.47. The van der Waals surface area contributed by atoms with Crippen LogP contribution in [0.3, 0.4) is 0 Å². The van der Waals surface area contributed by atoms with E-state index in [2.05, 4.69) is 71.6 Å². The first-order valence-corrected chi connectivity index (χ1v) is 8.35. The Hall–Kier alpha value is -0.820. The zero-order chi connectivity index (χ0) is 15.9. The molecule has 1 saturated heterocycles. The summed E-state index contributed by atoms with van der Waals surface area (Å²) in [5, 5.41) is 7.01. The van der Waals surface area contributed by atoms with Crippen LogP contribution in [0, 0.1) is 5.92 Å². The number of guanidine groups is 1. The minimum absolute atomic E-state index is 0. The highest BCUT2D eigenvalue weighted by molar-refractivity contribution is 14.0. The van der Waals surface area contributed by atoms with Gasteiger partial charge in [0.1, 0.15) is 0 Å². The molecule has 1 aromatic carbocycles. The Balaban J connectivity index is 0.00000264. The summed E-state index contributed by atoms with van der Waals surface area (Å²) >= 11 is 0. The summed E-state index contributed by atoms with van der Waals surface area (Å²) in [7, 11) is 1.84. The van der Waals surface area contributed by atoms with Gasteiger partial charge in [-0.05, 0) is 31.7 Å². The van der Waals surface area contributed by atoms with Crippen LogP contribution in [-0.2, 0) is 6.42 Å². The number of nitrogens with one attached hydrogen (secondary N) is 2. The number of aliphatic imine (C=N–C) groups is 1. The van der Waals surface area contributed by atoms with E-state index < -0.39 is 0 Å². The Labute approximate surface area is 158 Å². The average Bonchev–Trinajstić information content (AvgIpc) is 2.88. The molecule has 5 heteroatoms. The fourth-order valence-electron chi connectivity index (χ4n) is 2.95. The predicted octanol–water partition coefficient (Wildman–Crippen LogP) is 2.74. The zero-order valence-electron chi connectivity index (χ0n) is 14.7. The van der Waals surface area contributed by atoms with E-state index in [-0.39, 0.29) is 24.0 Å². The van der Waals surface area contributed by atoms with Gasteiger partial charge in [0.15, 0.2) is 5.96 Å². The lowest BCUT2D eigenvalue weighted by atomic mass is 10.1. The molecule has 2 N–H and O–H groups in total. The Bertz CT molecular complexity index is 475. The van der Waals surface area contributed by atoms with E-state index in [1.165, 1.54) is 5.56 Å². The van der Waals surface area contributed by atoms with Crippen LogP contribution in [0.25, 0.3) is 0 Å². The third-order valence-electron chi connectivity index (χ3n) is 4.47. The number of hydrogen-bond acceptors (Lipinski definition) is 2. The largest absolute Gasteiger partial charge is 0.356 e. The van der Waals surface area contributed by atoms with Gasteiger partial charge in [-0.3, -0.25) is 9.89 Å². The molecule has 1 fully saturated rings. The molecule has 0 aromatic heterocycles. The minimum atomic E-state index is 0. The molecule has 1 heterocycles. The van der Waals surface area contributed by atoms with E-state index in [1.807, 2.05) is 7.05 Å². The summed E-state index contributed by atoms with van der Waals surface area (Å²) in [5.74, 6) is 1.56. The summed E-state index contributed by atoms with van der Waals surface area (Å²) in [6.45, 7) is 10.0. The summed E-state index contributed by atoms with van der Waals surface area (Å²) in [4.78, 5) is 6.89. The molecule has 0 spiro atoms. The lowest BCUT2D eigenvalue weighted by Gasteiger charge is -2.22. The third kappa shape index (κ3) is 6.30. The van der Waals surface area contributed by atoms with Gasteiger partial charge >= 0.3 is 0 Å². The van der Waals surface area contributed by atoms with Crippen LogP contribution < -0.4 is 10.6 Å². The maximum Gasteiger partial charge on any atom is 0.191 e. The molecule has 0 radical (unpaired) electrons. The molecule has 23 heavy (non-hydrogen) atoms. The maximum atomic E-state index is 4.36. The molecular formula is C18H31IN4. The molecule has 2 rings (SSSR count). The summed E-state index contributed by atoms with van der Waals surface area (Å²) < 4.78 is 0. The highest BCUT2D eigenvalue weighted by Gasteiger charge is 2.31. The molecule has 130 valence electrons. The average molecular weight is 430 g/mol.